The number of rotatable bonds is 3. The van der Waals surface area contributed by atoms with E-state index in [4.69, 9.17) is 5.73 Å². The third kappa shape index (κ3) is 2.72. The predicted molar refractivity (Wildman–Crippen MR) is 90.3 cm³/mol. The Hall–Kier alpha value is -2.22. The third-order valence-electron chi connectivity index (χ3n) is 6.11. The third-order valence-corrected chi connectivity index (χ3v) is 6.11. The molecule has 140 valence electrons. The molecule has 0 aliphatic carbocycles. The van der Waals surface area contributed by atoms with Crippen LogP contribution >= 0.6 is 0 Å². The number of likely N-dealkylation sites (tertiary alicyclic amines) is 1. The van der Waals surface area contributed by atoms with E-state index in [9.17, 15) is 18.4 Å². The lowest BCUT2D eigenvalue weighted by molar-refractivity contribution is -0.134. The molecule has 6 nitrogen and oxygen atoms in total. The molecule has 0 unspecified atom stereocenters. The van der Waals surface area contributed by atoms with Crippen LogP contribution in [0.1, 0.15) is 24.3 Å². The minimum Gasteiger partial charge on any atom is -0.352 e. The molecule has 8 heteroatoms. The zero-order valence-electron chi connectivity index (χ0n) is 14.3. The van der Waals surface area contributed by atoms with Gasteiger partial charge in [0.1, 0.15) is 0 Å². The minimum atomic E-state index is -0.866. The maximum Gasteiger partial charge on any atom is 0.312 e. The van der Waals surface area contributed by atoms with Gasteiger partial charge in [0.15, 0.2) is 11.6 Å². The molecule has 4 heterocycles. The average molecular weight is 364 g/mol. The number of carbonyl (C=O) groups is 2. The number of fused-ring (bicyclic) bond motifs is 2. The number of hydrogen-bond donors (Lipinski definition) is 2. The van der Waals surface area contributed by atoms with Crippen molar-refractivity contribution in [2.24, 2.45) is 11.7 Å². The van der Waals surface area contributed by atoms with Crippen LogP contribution in [0.2, 0.25) is 0 Å². The molecule has 4 saturated heterocycles. The highest BCUT2D eigenvalue weighted by Gasteiger charge is 2.55. The highest BCUT2D eigenvalue weighted by Crippen LogP contribution is 2.47. The first-order valence-corrected chi connectivity index (χ1v) is 8.98. The Morgan fingerprint density at radius 3 is 2.62 bits per heavy atom. The van der Waals surface area contributed by atoms with Gasteiger partial charge in [-0.3, -0.25) is 9.69 Å². The lowest BCUT2D eigenvalue weighted by atomic mass is 9.75. The predicted octanol–water partition coefficient (Wildman–Crippen LogP) is 1.02. The molecule has 5 rings (SSSR count). The number of urea groups is 1. The van der Waals surface area contributed by atoms with E-state index in [0.29, 0.717) is 18.0 Å². The van der Waals surface area contributed by atoms with E-state index in [1.165, 1.54) is 6.07 Å². The molecule has 2 bridgehead atoms. The molecule has 1 aromatic rings. The van der Waals surface area contributed by atoms with Gasteiger partial charge in [0.25, 0.3) is 0 Å². The van der Waals surface area contributed by atoms with Gasteiger partial charge < -0.3 is 16.0 Å². The Morgan fingerprint density at radius 2 is 1.92 bits per heavy atom. The number of nitrogens with two attached hydrogens (primary N) is 1. The summed E-state index contributed by atoms with van der Waals surface area (Å²) in [4.78, 5) is 27.7. The molecule has 0 spiro atoms. The van der Waals surface area contributed by atoms with Crippen LogP contribution in [-0.2, 0) is 4.79 Å². The zero-order valence-corrected chi connectivity index (χ0v) is 14.3. The number of halogens is 2. The van der Waals surface area contributed by atoms with Gasteiger partial charge in [-0.1, -0.05) is 12.1 Å². The van der Waals surface area contributed by atoms with Gasteiger partial charge in [0.2, 0.25) is 5.91 Å². The molecule has 26 heavy (non-hydrogen) atoms. The second-order valence-corrected chi connectivity index (χ2v) is 7.37. The van der Waals surface area contributed by atoms with Crippen molar-refractivity contribution in [2.45, 2.75) is 30.8 Å². The Bertz CT molecular complexity index is 736. The van der Waals surface area contributed by atoms with Gasteiger partial charge in [0.05, 0.1) is 12.6 Å². The summed E-state index contributed by atoms with van der Waals surface area (Å²) in [6.07, 6.45) is 1.99. The van der Waals surface area contributed by atoms with Crippen LogP contribution < -0.4 is 11.1 Å². The molecule has 3 N–H and O–H groups in total. The Kier molecular flexibility index (Phi) is 4.30. The first-order valence-electron chi connectivity index (χ1n) is 8.98. The molecule has 3 atom stereocenters. The monoisotopic (exact) mass is 364 g/mol. The number of nitrogens with zero attached hydrogens (tertiary/aromatic N) is 2. The molecule has 0 radical (unpaired) electrons. The summed E-state index contributed by atoms with van der Waals surface area (Å²) in [6, 6.07) is 3.43. The summed E-state index contributed by atoms with van der Waals surface area (Å²) in [5.74, 6) is -1.86. The molecule has 0 saturated carbocycles. The SMILES string of the molecule is NC(=O)NCC(=O)N1C[C@H](c2cccc(F)c2F)[C@@H]2[C@H]1C1CCN2CC1. The summed E-state index contributed by atoms with van der Waals surface area (Å²) >= 11 is 0. The molecule has 4 fully saturated rings. The summed E-state index contributed by atoms with van der Waals surface area (Å²) in [5, 5.41) is 2.34. The number of hydrogen-bond acceptors (Lipinski definition) is 3. The maximum absolute atomic E-state index is 14.5. The van der Waals surface area contributed by atoms with Crippen LogP contribution in [0.3, 0.4) is 0 Å². The van der Waals surface area contributed by atoms with E-state index in [1.807, 2.05) is 0 Å². The highest BCUT2D eigenvalue weighted by molar-refractivity contribution is 5.84. The van der Waals surface area contributed by atoms with Crippen LogP contribution in [0.15, 0.2) is 18.2 Å². The average Bonchev–Trinajstić information content (AvgIpc) is 3.05. The van der Waals surface area contributed by atoms with Crippen LogP contribution in [0, 0.1) is 17.6 Å². The van der Waals surface area contributed by atoms with Gasteiger partial charge in [-0.25, -0.2) is 13.6 Å². The normalized spacial score (nSPS) is 32.4. The first kappa shape index (κ1) is 17.2. The van der Waals surface area contributed by atoms with E-state index in [-0.39, 0.29) is 30.5 Å². The van der Waals surface area contributed by atoms with Crippen molar-refractivity contribution in [3.8, 4) is 0 Å². The van der Waals surface area contributed by atoms with Crippen LogP contribution in [0.4, 0.5) is 13.6 Å². The second kappa shape index (κ2) is 6.50. The largest absolute Gasteiger partial charge is 0.352 e. The fourth-order valence-corrected chi connectivity index (χ4v) is 5.05. The Morgan fingerprint density at radius 1 is 1.19 bits per heavy atom. The highest BCUT2D eigenvalue weighted by atomic mass is 19.2. The summed E-state index contributed by atoms with van der Waals surface area (Å²) in [7, 11) is 0. The maximum atomic E-state index is 14.5. The van der Waals surface area contributed by atoms with Crippen LogP contribution in [0.25, 0.3) is 0 Å². The quantitative estimate of drug-likeness (QED) is 0.841. The van der Waals surface area contributed by atoms with Crippen LogP contribution in [-0.4, -0.2) is 60.0 Å². The van der Waals surface area contributed by atoms with Crippen molar-refractivity contribution < 1.29 is 18.4 Å². The van der Waals surface area contributed by atoms with Crippen molar-refractivity contribution in [3.63, 3.8) is 0 Å². The van der Waals surface area contributed by atoms with Crippen molar-refractivity contribution in [3.05, 3.63) is 35.4 Å². The number of nitrogens with one attached hydrogen (secondary N) is 1. The Labute approximate surface area is 150 Å². The number of amides is 3. The molecule has 4 aliphatic rings. The smallest absolute Gasteiger partial charge is 0.312 e. The summed E-state index contributed by atoms with van der Waals surface area (Å²) < 4.78 is 28.2. The number of primary amides is 1. The summed E-state index contributed by atoms with van der Waals surface area (Å²) in [5.41, 5.74) is 5.39. The molecule has 4 aliphatic heterocycles. The molecule has 0 aromatic heterocycles. The number of piperidine rings is 3. The Balaban J connectivity index is 1.67. The van der Waals surface area contributed by atoms with E-state index < -0.39 is 17.7 Å². The zero-order chi connectivity index (χ0) is 18.4. The van der Waals surface area contributed by atoms with Gasteiger partial charge in [-0.2, -0.15) is 0 Å². The second-order valence-electron chi connectivity index (χ2n) is 7.37. The summed E-state index contributed by atoms with van der Waals surface area (Å²) in [6.45, 7) is 1.98. The lowest BCUT2D eigenvalue weighted by Crippen LogP contribution is -2.61. The fourth-order valence-electron chi connectivity index (χ4n) is 5.05. The van der Waals surface area contributed by atoms with Crippen LogP contribution in [0.5, 0.6) is 0 Å². The van der Waals surface area contributed by atoms with E-state index in [2.05, 4.69) is 10.2 Å². The first-order chi connectivity index (χ1) is 12.5. The minimum absolute atomic E-state index is 0.0173. The van der Waals surface area contributed by atoms with E-state index >= 15 is 0 Å². The fraction of sp³-hybridized carbons (Fsp3) is 0.556. The van der Waals surface area contributed by atoms with Gasteiger partial charge in [0, 0.05) is 18.5 Å². The van der Waals surface area contributed by atoms with Crippen molar-refractivity contribution in [1.29, 1.82) is 0 Å². The van der Waals surface area contributed by atoms with Crippen molar-refractivity contribution >= 4 is 11.9 Å². The van der Waals surface area contributed by atoms with E-state index in [0.717, 1.165) is 32.0 Å². The molecule has 3 amide bonds. The van der Waals surface area contributed by atoms with E-state index in [1.54, 1.807) is 11.0 Å². The van der Waals surface area contributed by atoms with Gasteiger partial charge in [-0.15, -0.1) is 0 Å². The van der Waals surface area contributed by atoms with Gasteiger partial charge in [-0.05, 0) is 43.5 Å². The molecule has 1 aromatic carbocycles. The lowest BCUT2D eigenvalue weighted by Gasteiger charge is -2.51. The topological polar surface area (TPSA) is 78.7 Å². The van der Waals surface area contributed by atoms with Gasteiger partial charge >= 0.3 is 6.03 Å². The number of benzene rings is 1. The standard InChI is InChI=1S/C18H22F2N4O2/c19-13-3-1-2-11(15(13)20)12-9-24(14(25)8-22-18(21)26)16-10-4-6-23(7-5-10)17(12)16/h1-3,10,12,16-17H,4-9H2,(H3,21,22,26)/t12-,16-,17-/m1/s1. The molecular formula is C18H22F2N4O2. The number of carbonyl (C=O) groups excluding carboxylic acids is 2. The molecular weight excluding hydrogens is 342 g/mol. The van der Waals surface area contributed by atoms with Crippen molar-refractivity contribution in [1.82, 2.24) is 15.1 Å². The van der Waals surface area contributed by atoms with Crippen molar-refractivity contribution in [2.75, 3.05) is 26.2 Å².